The van der Waals surface area contributed by atoms with Crippen molar-refractivity contribution in [3.63, 3.8) is 0 Å². The molecule has 1 aromatic rings. The van der Waals surface area contributed by atoms with Gasteiger partial charge in [0.05, 0.1) is 0 Å². The molecule has 2 aliphatic rings. The fourth-order valence-electron chi connectivity index (χ4n) is 3.47. The molecule has 1 aliphatic heterocycles. The number of hydrogen-bond acceptors (Lipinski definition) is 3. The lowest BCUT2D eigenvalue weighted by atomic mass is 9.76. The number of benzene rings is 1. The first-order valence-electron chi connectivity index (χ1n) is 7.49. The second-order valence-electron chi connectivity index (χ2n) is 6.08. The van der Waals surface area contributed by atoms with E-state index in [0.29, 0.717) is 23.4 Å². The first-order valence-corrected chi connectivity index (χ1v) is 7.87. The molecule has 1 heterocycles. The fraction of sp³-hybridized carbons (Fsp3) is 0.471. The molecular weight excluding hydrogens is 286 g/mol. The summed E-state index contributed by atoms with van der Waals surface area (Å²) >= 11 is 6.26. The summed E-state index contributed by atoms with van der Waals surface area (Å²) in [6.07, 6.45) is 5.22. The number of phenols is 1. The second-order valence-corrected chi connectivity index (χ2v) is 6.48. The van der Waals surface area contributed by atoms with Crippen LogP contribution in [0.4, 0.5) is 0 Å². The molecule has 2 unspecified atom stereocenters. The molecule has 0 radical (unpaired) electrons. The monoisotopic (exact) mass is 305 g/mol. The highest BCUT2D eigenvalue weighted by Gasteiger charge is 2.32. The number of aryl methyl sites for hydroxylation is 1. The number of allylic oxidation sites excluding steroid dienone is 1. The van der Waals surface area contributed by atoms with Gasteiger partial charge in [-0.3, -0.25) is 4.79 Å². The number of halogens is 1. The molecule has 2 N–H and O–H groups in total. The quantitative estimate of drug-likeness (QED) is 0.882. The van der Waals surface area contributed by atoms with Gasteiger partial charge in [-0.1, -0.05) is 23.2 Å². The summed E-state index contributed by atoms with van der Waals surface area (Å²) < 4.78 is 0. The third-order valence-corrected chi connectivity index (χ3v) is 4.99. The minimum atomic E-state index is 0.240. The average Bonchev–Trinajstić information content (AvgIpc) is 2.44. The highest BCUT2D eigenvalue weighted by Crippen LogP contribution is 2.34. The van der Waals surface area contributed by atoms with Crippen molar-refractivity contribution < 1.29 is 9.90 Å². The Hall–Kier alpha value is -1.32. The van der Waals surface area contributed by atoms with E-state index in [2.05, 4.69) is 5.32 Å². The number of ketones is 1. The van der Waals surface area contributed by atoms with Crippen molar-refractivity contribution in [2.24, 2.45) is 5.92 Å². The Morgan fingerprint density at radius 2 is 2.19 bits per heavy atom. The topological polar surface area (TPSA) is 49.3 Å². The van der Waals surface area contributed by atoms with Crippen LogP contribution >= 0.6 is 11.6 Å². The number of rotatable bonds is 2. The summed E-state index contributed by atoms with van der Waals surface area (Å²) in [6, 6.07) is 3.90. The Bertz CT molecular complexity index is 609. The minimum Gasteiger partial charge on any atom is -0.508 e. The lowest BCUT2D eigenvalue weighted by molar-refractivity contribution is -0.115. The van der Waals surface area contributed by atoms with E-state index in [-0.39, 0.29) is 11.5 Å². The maximum atomic E-state index is 11.6. The maximum absolute atomic E-state index is 11.6. The van der Waals surface area contributed by atoms with Gasteiger partial charge in [-0.2, -0.15) is 0 Å². The molecule has 0 saturated carbocycles. The zero-order valence-electron chi connectivity index (χ0n) is 12.2. The Morgan fingerprint density at radius 3 is 3.00 bits per heavy atom. The molecule has 112 valence electrons. The highest BCUT2D eigenvalue weighted by atomic mass is 35.5. The van der Waals surface area contributed by atoms with E-state index in [4.69, 9.17) is 11.6 Å². The number of carbonyl (C=O) groups excluding carboxylic acids is 1. The highest BCUT2D eigenvalue weighted by molar-refractivity contribution is 6.31. The number of nitrogens with one attached hydrogen (secondary N) is 1. The predicted octanol–water partition coefficient (Wildman–Crippen LogP) is 3.16. The van der Waals surface area contributed by atoms with E-state index < -0.39 is 0 Å². The van der Waals surface area contributed by atoms with Gasteiger partial charge in [0, 0.05) is 17.5 Å². The standard InChI is InChI=1S/C17H20ClNO2/c1-10-6-12(15(18)9-17(10)21)8-16-14-3-2-13(20)7-11(14)4-5-19-16/h6-7,9,14,16,19,21H,2-5,8H2,1H3. The van der Waals surface area contributed by atoms with Crippen LogP contribution in [0.5, 0.6) is 5.75 Å². The molecule has 4 heteroatoms. The molecular formula is C17H20ClNO2. The third-order valence-electron chi connectivity index (χ3n) is 4.64. The van der Waals surface area contributed by atoms with E-state index in [1.165, 1.54) is 5.57 Å². The van der Waals surface area contributed by atoms with Gasteiger partial charge in [0.25, 0.3) is 0 Å². The Balaban J connectivity index is 1.83. The van der Waals surface area contributed by atoms with Gasteiger partial charge in [-0.05, 0) is 61.9 Å². The normalized spacial score (nSPS) is 25.4. The number of phenolic OH excluding ortho intramolecular Hbond substituents is 1. The Kier molecular flexibility index (Phi) is 4.05. The first kappa shape index (κ1) is 14.6. The van der Waals surface area contributed by atoms with Crippen LogP contribution in [-0.2, 0) is 11.2 Å². The minimum absolute atomic E-state index is 0.240. The van der Waals surface area contributed by atoms with Gasteiger partial charge < -0.3 is 10.4 Å². The third kappa shape index (κ3) is 2.99. The molecule has 0 spiro atoms. The van der Waals surface area contributed by atoms with Crippen molar-refractivity contribution in [3.05, 3.63) is 39.9 Å². The van der Waals surface area contributed by atoms with Crippen LogP contribution in [0.25, 0.3) is 0 Å². The van der Waals surface area contributed by atoms with Crippen LogP contribution < -0.4 is 5.32 Å². The lowest BCUT2D eigenvalue weighted by Gasteiger charge is -2.37. The molecule has 21 heavy (non-hydrogen) atoms. The fourth-order valence-corrected chi connectivity index (χ4v) is 3.70. The van der Waals surface area contributed by atoms with Crippen LogP contribution in [0.1, 0.15) is 30.4 Å². The molecule has 2 atom stereocenters. The largest absolute Gasteiger partial charge is 0.508 e. The maximum Gasteiger partial charge on any atom is 0.155 e. The number of piperidine rings is 1. The average molecular weight is 306 g/mol. The van der Waals surface area contributed by atoms with Crippen LogP contribution in [0.2, 0.25) is 5.02 Å². The van der Waals surface area contributed by atoms with Gasteiger partial charge >= 0.3 is 0 Å². The van der Waals surface area contributed by atoms with Crippen molar-refractivity contribution in [3.8, 4) is 5.75 Å². The predicted molar refractivity (Wildman–Crippen MR) is 83.8 cm³/mol. The van der Waals surface area contributed by atoms with Crippen molar-refractivity contribution in [1.82, 2.24) is 5.32 Å². The molecule has 1 saturated heterocycles. The lowest BCUT2D eigenvalue weighted by Crippen LogP contribution is -2.45. The SMILES string of the molecule is Cc1cc(CC2NCCC3=CC(=O)CCC32)c(Cl)cc1O. The van der Waals surface area contributed by atoms with Crippen molar-refractivity contribution in [1.29, 1.82) is 0 Å². The number of fused-ring (bicyclic) bond motifs is 1. The summed E-state index contributed by atoms with van der Waals surface area (Å²) in [5.74, 6) is 0.936. The van der Waals surface area contributed by atoms with Crippen LogP contribution in [0.3, 0.4) is 0 Å². The van der Waals surface area contributed by atoms with Crippen LogP contribution in [0.15, 0.2) is 23.8 Å². The molecule has 3 rings (SSSR count). The molecule has 1 fully saturated rings. The molecule has 1 aliphatic carbocycles. The first-order chi connectivity index (χ1) is 10.0. The van der Waals surface area contributed by atoms with E-state index in [9.17, 15) is 9.90 Å². The summed E-state index contributed by atoms with van der Waals surface area (Å²) in [5, 5.41) is 13.9. The number of aromatic hydroxyl groups is 1. The van der Waals surface area contributed by atoms with Gasteiger partial charge in [0.2, 0.25) is 0 Å². The van der Waals surface area contributed by atoms with E-state index in [1.54, 1.807) is 6.07 Å². The molecule has 0 bridgehead atoms. The van der Waals surface area contributed by atoms with Gasteiger partial charge in [-0.15, -0.1) is 0 Å². The van der Waals surface area contributed by atoms with E-state index in [1.807, 2.05) is 19.1 Å². The zero-order chi connectivity index (χ0) is 15.0. The van der Waals surface area contributed by atoms with Crippen LogP contribution in [-0.4, -0.2) is 23.5 Å². The van der Waals surface area contributed by atoms with Crippen molar-refractivity contribution in [2.45, 2.75) is 38.6 Å². The van der Waals surface area contributed by atoms with Crippen molar-refractivity contribution >= 4 is 17.4 Å². The van der Waals surface area contributed by atoms with Crippen LogP contribution in [0, 0.1) is 12.8 Å². The van der Waals surface area contributed by atoms with Gasteiger partial charge in [-0.25, -0.2) is 0 Å². The smallest absolute Gasteiger partial charge is 0.155 e. The Morgan fingerprint density at radius 1 is 1.38 bits per heavy atom. The summed E-state index contributed by atoms with van der Waals surface area (Å²) in [6.45, 7) is 2.79. The van der Waals surface area contributed by atoms with Gasteiger partial charge in [0.15, 0.2) is 5.78 Å². The summed E-state index contributed by atoms with van der Waals surface area (Å²) in [5.41, 5.74) is 3.20. The Labute approximate surface area is 130 Å². The van der Waals surface area contributed by atoms with Crippen molar-refractivity contribution in [2.75, 3.05) is 6.54 Å². The zero-order valence-corrected chi connectivity index (χ0v) is 12.9. The van der Waals surface area contributed by atoms with E-state index in [0.717, 1.165) is 36.9 Å². The second kappa shape index (κ2) is 5.82. The summed E-state index contributed by atoms with van der Waals surface area (Å²) in [4.78, 5) is 11.6. The van der Waals surface area contributed by atoms with E-state index >= 15 is 0 Å². The number of carbonyl (C=O) groups is 1. The molecule has 1 aromatic carbocycles. The van der Waals surface area contributed by atoms with Gasteiger partial charge in [0.1, 0.15) is 5.75 Å². The summed E-state index contributed by atoms with van der Waals surface area (Å²) in [7, 11) is 0. The number of hydrogen-bond donors (Lipinski definition) is 2. The molecule has 3 nitrogen and oxygen atoms in total. The molecule has 0 amide bonds. The molecule has 0 aromatic heterocycles.